The summed E-state index contributed by atoms with van der Waals surface area (Å²) >= 11 is 0. The fraction of sp³-hybridized carbons (Fsp3) is 0.304. The van der Waals surface area contributed by atoms with Crippen LogP contribution >= 0.6 is 0 Å². The summed E-state index contributed by atoms with van der Waals surface area (Å²) in [6.07, 6.45) is 5.94. The first-order valence-electron chi connectivity index (χ1n) is 9.88. The monoisotopic (exact) mass is 374 g/mol. The molecule has 3 aromatic rings. The number of hydrogen-bond acceptors (Lipinski definition) is 2. The fourth-order valence-corrected chi connectivity index (χ4v) is 3.83. The molecule has 1 aromatic heterocycles. The molecule has 144 valence electrons. The molecule has 28 heavy (non-hydrogen) atoms. The van der Waals surface area contributed by atoms with Gasteiger partial charge in [-0.15, -0.1) is 0 Å². The third-order valence-electron chi connectivity index (χ3n) is 5.37. The van der Waals surface area contributed by atoms with Crippen LogP contribution in [0, 0.1) is 12.8 Å². The number of hydrogen-bond donors (Lipinski definition) is 1. The van der Waals surface area contributed by atoms with E-state index in [9.17, 15) is 4.79 Å². The number of rotatable bonds is 4. The maximum Gasteiger partial charge on any atom is 0.321 e. The van der Waals surface area contributed by atoms with Crippen LogP contribution in [-0.4, -0.2) is 33.6 Å². The van der Waals surface area contributed by atoms with Crippen molar-refractivity contribution in [2.24, 2.45) is 5.92 Å². The SMILES string of the molecule is Cc1cccc(NC(=O)N2CCC(Cn3ccnc3-c3ccccc3)CC2)c1. The third-order valence-corrected chi connectivity index (χ3v) is 5.37. The zero-order chi connectivity index (χ0) is 19.3. The molecule has 1 fully saturated rings. The highest BCUT2D eigenvalue weighted by Crippen LogP contribution is 2.24. The van der Waals surface area contributed by atoms with Crippen LogP contribution in [0.5, 0.6) is 0 Å². The van der Waals surface area contributed by atoms with Gasteiger partial charge in [-0.25, -0.2) is 9.78 Å². The molecule has 0 aliphatic carbocycles. The number of benzene rings is 2. The summed E-state index contributed by atoms with van der Waals surface area (Å²) in [5, 5.41) is 3.02. The molecule has 5 heteroatoms. The van der Waals surface area contributed by atoms with Gasteiger partial charge in [0.2, 0.25) is 0 Å². The predicted molar refractivity (Wildman–Crippen MR) is 112 cm³/mol. The van der Waals surface area contributed by atoms with E-state index in [0.717, 1.165) is 55.1 Å². The van der Waals surface area contributed by atoms with Crippen LogP contribution in [0.15, 0.2) is 67.0 Å². The molecule has 0 spiro atoms. The summed E-state index contributed by atoms with van der Waals surface area (Å²) in [4.78, 5) is 19.0. The second-order valence-corrected chi connectivity index (χ2v) is 7.50. The summed E-state index contributed by atoms with van der Waals surface area (Å²) in [5.41, 5.74) is 3.14. The van der Waals surface area contributed by atoms with E-state index >= 15 is 0 Å². The van der Waals surface area contributed by atoms with E-state index in [1.165, 1.54) is 0 Å². The molecule has 0 saturated carbocycles. The van der Waals surface area contributed by atoms with Gasteiger partial charge in [-0.05, 0) is 43.4 Å². The Kier molecular flexibility index (Phi) is 5.42. The van der Waals surface area contributed by atoms with Crippen molar-refractivity contribution in [1.29, 1.82) is 0 Å². The van der Waals surface area contributed by atoms with E-state index < -0.39 is 0 Å². The Hall–Kier alpha value is -3.08. The van der Waals surface area contributed by atoms with E-state index in [-0.39, 0.29) is 6.03 Å². The van der Waals surface area contributed by atoms with Crippen molar-refractivity contribution in [3.8, 4) is 11.4 Å². The van der Waals surface area contributed by atoms with Gasteiger partial charge in [0.05, 0.1) is 0 Å². The number of likely N-dealkylation sites (tertiary alicyclic amines) is 1. The zero-order valence-corrected chi connectivity index (χ0v) is 16.2. The number of aromatic nitrogens is 2. The largest absolute Gasteiger partial charge is 0.331 e. The molecule has 1 aliphatic heterocycles. The minimum Gasteiger partial charge on any atom is -0.331 e. The smallest absolute Gasteiger partial charge is 0.321 e. The van der Waals surface area contributed by atoms with Gasteiger partial charge in [0.25, 0.3) is 0 Å². The van der Waals surface area contributed by atoms with Gasteiger partial charge < -0.3 is 14.8 Å². The molecular formula is C23H26N4O. The number of aryl methyl sites for hydroxylation is 1. The Bertz CT molecular complexity index is 927. The van der Waals surface area contributed by atoms with Crippen molar-refractivity contribution < 1.29 is 4.79 Å². The van der Waals surface area contributed by atoms with Crippen LogP contribution in [0.1, 0.15) is 18.4 Å². The van der Waals surface area contributed by atoms with Crippen LogP contribution in [0.2, 0.25) is 0 Å². The van der Waals surface area contributed by atoms with E-state index in [0.29, 0.717) is 5.92 Å². The van der Waals surface area contributed by atoms with Gasteiger partial charge in [0.15, 0.2) is 0 Å². The molecule has 1 saturated heterocycles. The first kappa shape index (κ1) is 18.3. The van der Waals surface area contributed by atoms with Crippen LogP contribution in [0.3, 0.4) is 0 Å². The molecule has 0 bridgehead atoms. The molecule has 0 radical (unpaired) electrons. The number of nitrogens with one attached hydrogen (secondary N) is 1. The maximum atomic E-state index is 12.5. The van der Waals surface area contributed by atoms with Crippen molar-refractivity contribution in [3.63, 3.8) is 0 Å². The number of anilines is 1. The van der Waals surface area contributed by atoms with Gasteiger partial charge in [-0.3, -0.25) is 0 Å². The molecule has 0 unspecified atom stereocenters. The lowest BCUT2D eigenvalue weighted by Crippen LogP contribution is -2.41. The number of nitrogens with zero attached hydrogens (tertiary/aromatic N) is 3. The van der Waals surface area contributed by atoms with Gasteiger partial charge in [0.1, 0.15) is 5.82 Å². The summed E-state index contributed by atoms with van der Waals surface area (Å²) in [6.45, 7) is 4.55. The van der Waals surface area contributed by atoms with Crippen molar-refractivity contribution >= 4 is 11.7 Å². The fourth-order valence-electron chi connectivity index (χ4n) is 3.83. The van der Waals surface area contributed by atoms with E-state index in [1.54, 1.807) is 0 Å². The first-order valence-corrected chi connectivity index (χ1v) is 9.88. The average molecular weight is 374 g/mol. The second-order valence-electron chi connectivity index (χ2n) is 7.50. The molecular weight excluding hydrogens is 348 g/mol. The Labute approximate surface area is 166 Å². The number of carbonyl (C=O) groups is 1. The average Bonchev–Trinajstić information content (AvgIpc) is 3.17. The van der Waals surface area contributed by atoms with E-state index in [2.05, 4.69) is 33.2 Å². The first-order chi connectivity index (χ1) is 13.7. The molecule has 1 aliphatic rings. The highest BCUT2D eigenvalue weighted by atomic mass is 16.2. The third kappa shape index (κ3) is 4.25. The highest BCUT2D eigenvalue weighted by molar-refractivity contribution is 5.89. The maximum absolute atomic E-state index is 12.5. The van der Waals surface area contributed by atoms with Crippen molar-refractivity contribution in [2.75, 3.05) is 18.4 Å². The Morgan fingerprint density at radius 3 is 2.64 bits per heavy atom. The summed E-state index contributed by atoms with van der Waals surface area (Å²) in [7, 11) is 0. The van der Waals surface area contributed by atoms with Gasteiger partial charge in [0, 0.05) is 43.3 Å². The minimum absolute atomic E-state index is 0.00310. The van der Waals surface area contributed by atoms with E-state index in [1.807, 2.05) is 60.5 Å². The Balaban J connectivity index is 1.33. The summed E-state index contributed by atoms with van der Waals surface area (Å²) < 4.78 is 2.24. The molecule has 5 nitrogen and oxygen atoms in total. The lowest BCUT2D eigenvalue weighted by molar-refractivity contribution is 0.177. The lowest BCUT2D eigenvalue weighted by Gasteiger charge is -2.32. The normalized spacial score (nSPS) is 14.8. The van der Waals surface area contributed by atoms with Gasteiger partial charge in [-0.1, -0.05) is 42.5 Å². The molecule has 2 aromatic carbocycles. The molecule has 2 amide bonds. The number of imidazole rings is 1. The van der Waals surface area contributed by atoms with Crippen molar-refractivity contribution in [3.05, 3.63) is 72.6 Å². The topological polar surface area (TPSA) is 50.2 Å². The van der Waals surface area contributed by atoms with Crippen LogP contribution in [0.25, 0.3) is 11.4 Å². The quantitative estimate of drug-likeness (QED) is 0.713. The standard InChI is InChI=1S/C23H26N4O/c1-18-6-5-9-21(16-18)25-23(28)26-13-10-19(11-14-26)17-27-15-12-24-22(27)20-7-3-2-4-8-20/h2-9,12,15-16,19H,10-11,13-14,17H2,1H3,(H,25,28). The Morgan fingerprint density at radius 2 is 1.89 bits per heavy atom. The Morgan fingerprint density at radius 1 is 1.11 bits per heavy atom. The molecule has 1 N–H and O–H groups in total. The highest BCUT2D eigenvalue weighted by Gasteiger charge is 2.23. The van der Waals surface area contributed by atoms with E-state index in [4.69, 9.17) is 0 Å². The van der Waals surface area contributed by atoms with Crippen molar-refractivity contribution in [1.82, 2.24) is 14.5 Å². The van der Waals surface area contributed by atoms with Crippen molar-refractivity contribution in [2.45, 2.75) is 26.3 Å². The van der Waals surface area contributed by atoms with Gasteiger partial charge in [-0.2, -0.15) is 0 Å². The molecule has 4 rings (SSSR count). The zero-order valence-electron chi connectivity index (χ0n) is 16.2. The predicted octanol–water partition coefficient (Wildman–Crippen LogP) is 4.80. The molecule has 2 heterocycles. The minimum atomic E-state index is -0.00310. The second kappa shape index (κ2) is 8.30. The lowest BCUT2D eigenvalue weighted by atomic mass is 9.97. The van der Waals surface area contributed by atoms with Crippen LogP contribution < -0.4 is 5.32 Å². The van der Waals surface area contributed by atoms with Gasteiger partial charge >= 0.3 is 6.03 Å². The summed E-state index contributed by atoms with van der Waals surface area (Å²) in [6, 6.07) is 18.2. The van der Waals surface area contributed by atoms with Crippen LogP contribution in [0.4, 0.5) is 10.5 Å². The number of carbonyl (C=O) groups excluding carboxylic acids is 1. The number of piperidine rings is 1. The number of urea groups is 1. The number of amides is 2. The summed E-state index contributed by atoms with van der Waals surface area (Å²) in [5.74, 6) is 1.57. The molecule has 0 atom stereocenters. The van der Waals surface area contributed by atoms with Crippen LogP contribution in [-0.2, 0) is 6.54 Å².